The van der Waals surface area contributed by atoms with Crippen LogP contribution in [0, 0.1) is 5.41 Å². The molecule has 0 spiro atoms. The minimum Gasteiger partial charge on any atom is -0.353 e. The fourth-order valence-electron chi connectivity index (χ4n) is 4.30. The number of benzene rings is 1. The number of hydrogen-bond acceptors (Lipinski definition) is 5. The largest absolute Gasteiger partial charge is 0.353 e. The van der Waals surface area contributed by atoms with E-state index in [1.54, 1.807) is 11.5 Å². The number of carbonyl (C=O) groups excluding carboxylic acids is 1. The molecule has 0 N–H and O–H groups in total. The maximum Gasteiger partial charge on any atom is 0.222 e. The second kappa shape index (κ2) is 8.37. The van der Waals surface area contributed by atoms with Gasteiger partial charge < -0.3 is 9.80 Å². The van der Waals surface area contributed by atoms with Crippen molar-refractivity contribution in [2.45, 2.75) is 39.5 Å². The predicted molar refractivity (Wildman–Crippen MR) is 117 cm³/mol. The first-order chi connectivity index (χ1) is 13.5. The molecule has 1 aromatic carbocycles. The van der Waals surface area contributed by atoms with E-state index in [2.05, 4.69) is 52.8 Å². The Morgan fingerprint density at radius 2 is 1.82 bits per heavy atom. The Balaban J connectivity index is 1.23. The van der Waals surface area contributed by atoms with Crippen LogP contribution in [0.2, 0.25) is 0 Å². The predicted octanol–water partition coefficient (Wildman–Crippen LogP) is 3.85. The number of rotatable bonds is 5. The fraction of sp³-hybridized carbons (Fsp3) is 0.636. The molecule has 152 valence electrons. The topological polar surface area (TPSA) is 39.7 Å². The summed E-state index contributed by atoms with van der Waals surface area (Å²) in [5.41, 5.74) is 0.306. The van der Waals surface area contributed by atoms with Gasteiger partial charge in [-0.05, 0) is 54.9 Å². The van der Waals surface area contributed by atoms with Gasteiger partial charge in [0.2, 0.25) is 5.91 Å². The zero-order valence-corrected chi connectivity index (χ0v) is 18.0. The summed E-state index contributed by atoms with van der Waals surface area (Å²) in [5, 5.41) is 1.28. The van der Waals surface area contributed by atoms with E-state index in [0.717, 1.165) is 70.9 Å². The van der Waals surface area contributed by atoms with Crippen molar-refractivity contribution >= 4 is 33.3 Å². The first kappa shape index (κ1) is 19.6. The smallest absolute Gasteiger partial charge is 0.222 e. The third-order valence-electron chi connectivity index (χ3n) is 6.36. The summed E-state index contributed by atoms with van der Waals surface area (Å²) in [7, 11) is 0. The van der Waals surface area contributed by atoms with Gasteiger partial charge in [-0.3, -0.25) is 9.69 Å². The average Bonchev–Trinajstić information content (AvgIpc) is 3.08. The summed E-state index contributed by atoms with van der Waals surface area (Å²) in [6.45, 7) is 11.7. The molecule has 4 rings (SSSR count). The lowest BCUT2D eigenvalue weighted by Gasteiger charge is -2.35. The normalized spacial score (nSPS) is 21.3. The van der Waals surface area contributed by atoms with Crippen molar-refractivity contribution < 1.29 is 4.79 Å². The summed E-state index contributed by atoms with van der Waals surface area (Å²) < 4.78 is 5.97. The lowest BCUT2D eigenvalue weighted by Crippen LogP contribution is -2.47. The Hall–Kier alpha value is -1.66. The van der Waals surface area contributed by atoms with Crippen LogP contribution in [0.25, 0.3) is 10.1 Å². The van der Waals surface area contributed by atoms with Crippen LogP contribution in [0.5, 0.6) is 0 Å². The third-order valence-corrected chi connectivity index (χ3v) is 7.18. The molecule has 0 radical (unpaired) electrons. The van der Waals surface area contributed by atoms with Crippen molar-refractivity contribution in [1.82, 2.24) is 14.2 Å². The van der Waals surface area contributed by atoms with E-state index in [-0.39, 0.29) is 0 Å². The summed E-state index contributed by atoms with van der Waals surface area (Å²) >= 11 is 1.60. The first-order valence-electron chi connectivity index (χ1n) is 10.6. The van der Waals surface area contributed by atoms with Crippen molar-refractivity contribution in [3.63, 3.8) is 0 Å². The van der Waals surface area contributed by atoms with E-state index in [1.165, 1.54) is 10.1 Å². The molecular weight excluding hydrogens is 368 g/mol. The number of amides is 1. The van der Waals surface area contributed by atoms with Gasteiger partial charge in [-0.25, -0.2) is 0 Å². The molecule has 1 aromatic heterocycles. The molecule has 0 aliphatic carbocycles. The number of anilines is 1. The highest BCUT2D eigenvalue weighted by atomic mass is 32.1. The van der Waals surface area contributed by atoms with Crippen LogP contribution in [0.15, 0.2) is 24.3 Å². The Bertz CT molecular complexity index is 810. The van der Waals surface area contributed by atoms with E-state index >= 15 is 0 Å². The standard InChI is InChI=1S/C22H32N4OS/c1-22(2)9-8-20(27)25(13-10-22)12-5-11-24-14-16-26(17-15-24)21-18-6-3-4-7-19(18)28-23-21/h3-4,6-7H,5,8-17H2,1-2H3. The van der Waals surface area contributed by atoms with E-state index in [1.807, 2.05) is 0 Å². The third kappa shape index (κ3) is 4.49. The second-order valence-electron chi connectivity index (χ2n) is 8.98. The van der Waals surface area contributed by atoms with Crippen LogP contribution < -0.4 is 4.90 Å². The highest BCUT2D eigenvalue weighted by molar-refractivity contribution is 7.13. The molecule has 3 heterocycles. The molecule has 6 heteroatoms. The van der Waals surface area contributed by atoms with Crippen molar-refractivity contribution in [2.24, 2.45) is 5.41 Å². The van der Waals surface area contributed by atoms with Crippen LogP contribution in [-0.4, -0.2) is 65.9 Å². The van der Waals surface area contributed by atoms with Gasteiger partial charge in [0.1, 0.15) is 5.82 Å². The summed E-state index contributed by atoms with van der Waals surface area (Å²) in [4.78, 5) is 19.4. The second-order valence-corrected chi connectivity index (χ2v) is 9.78. The molecule has 1 amide bonds. The average molecular weight is 401 g/mol. The number of piperazine rings is 1. The quantitative estimate of drug-likeness (QED) is 0.764. The first-order valence-corrected chi connectivity index (χ1v) is 11.4. The van der Waals surface area contributed by atoms with Gasteiger partial charge >= 0.3 is 0 Å². The molecule has 2 saturated heterocycles. The van der Waals surface area contributed by atoms with Crippen molar-refractivity contribution in [3.8, 4) is 0 Å². The summed E-state index contributed by atoms with van der Waals surface area (Å²) in [5.74, 6) is 1.50. The van der Waals surface area contributed by atoms with Crippen LogP contribution in [0.1, 0.15) is 39.5 Å². The van der Waals surface area contributed by atoms with Crippen molar-refractivity contribution in [1.29, 1.82) is 0 Å². The molecule has 2 aliphatic rings. The minimum absolute atomic E-state index is 0.306. The zero-order valence-electron chi connectivity index (χ0n) is 17.2. The summed E-state index contributed by atoms with van der Waals surface area (Å²) in [6.07, 6.45) is 3.94. The number of hydrogen-bond donors (Lipinski definition) is 0. The van der Waals surface area contributed by atoms with Gasteiger partial charge in [0.05, 0.1) is 4.70 Å². The number of likely N-dealkylation sites (tertiary alicyclic amines) is 1. The van der Waals surface area contributed by atoms with Gasteiger partial charge in [0.25, 0.3) is 0 Å². The van der Waals surface area contributed by atoms with Gasteiger partial charge in [0, 0.05) is 51.1 Å². The number of carbonyl (C=O) groups is 1. The Morgan fingerprint density at radius 1 is 1.04 bits per heavy atom. The van der Waals surface area contributed by atoms with Crippen LogP contribution in [-0.2, 0) is 4.79 Å². The zero-order chi connectivity index (χ0) is 19.6. The van der Waals surface area contributed by atoms with Gasteiger partial charge in [0.15, 0.2) is 0 Å². The highest BCUT2D eigenvalue weighted by Gasteiger charge is 2.27. The van der Waals surface area contributed by atoms with E-state index < -0.39 is 0 Å². The molecule has 2 aliphatic heterocycles. The molecule has 0 unspecified atom stereocenters. The monoisotopic (exact) mass is 400 g/mol. The van der Waals surface area contributed by atoms with Crippen molar-refractivity contribution in [3.05, 3.63) is 24.3 Å². The van der Waals surface area contributed by atoms with Crippen LogP contribution >= 0.6 is 11.5 Å². The molecule has 0 atom stereocenters. The number of aromatic nitrogens is 1. The molecule has 2 fully saturated rings. The van der Waals surface area contributed by atoms with Gasteiger partial charge in [-0.2, -0.15) is 4.37 Å². The van der Waals surface area contributed by atoms with Gasteiger partial charge in [-0.1, -0.05) is 26.0 Å². The maximum absolute atomic E-state index is 12.4. The van der Waals surface area contributed by atoms with Crippen molar-refractivity contribution in [2.75, 3.05) is 50.7 Å². The Morgan fingerprint density at radius 3 is 2.64 bits per heavy atom. The molecule has 5 nitrogen and oxygen atoms in total. The number of nitrogens with zero attached hydrogens (tertiary/aromatic N) is 4. The molecule has 2 aromatic rings. The number of fused-ring (bicyclic) bond motifs is 1. The molecular formula is C22H32N4OS. The highest BCUT2D eigenvalue weighted by Crippen LogP contribution is 2.31. The SMILES string of the molecule is CC1(C)CCC(=O)N(CCCN2CCN(c3nsc4ccccc34)CC2)CC1. The lowest BCUT2D eigenvalue weighted by molar-refractivity contribution is -0.130. The fourth-order valence-corrected chi connectivity index (χ4v) is 5.09. The maximum atomic E-state index is 12.4. The molecule has 28 heavy (non-hydrogen) atoms. The lowest BCUT2D eigenvalue weighted by atomic mass is 9.85. The van der Waals surface area contributed by atoms with E-state index in [4.69, 9.17) is 4.37 Å². The molecule has 0 saturated carbocycles. The minimum atomic E-state index is 0.306. The van der Waals surface area contributed by atoms with Crippen LogP contribution in [0.3, 0.4) is 0 Å². The summed E-state index contributed by atoms with van der Waals surface area (Å²) in [6, 6.07) is 8.51. The van der Waals surface area contributed by atoms with E-state index in [9.17, 15) is 4.79 Å². The molecule has 0 bridgehead atoms. The van der Waals surface area contributed by atoms with E-state index in [0.29, 0.717) is 17.7 Å². The van der Waals surface area contributed by atoms with Crippen LogP contribution in [0.4, 0.5) is 5.82 Å². The Kier molecular flexibility index (Phi) is 5.88. The Labute approximate surface area is 172 Å². The van der Waals surface area contributed by atoms with Gasteiger partial charge in [-0.15, -0.1) is 0 Å².